The molecule has 0 radical (unpaired) electrons. The summed E-state index contributed by atoms with van der Waals surface area (Å²) in [5.74, 6) is -0.705. The van der Waals surface area contributed by atoms with Crippen molar-refractivity contribution in [3.05, 3.63) is 83.7 Å². The minimum Gasteiger partial charge on any atom is -0.493 e. The molecule has 0 fully saturated rings. The van der Waals surface area contributed by atoms with Gasteiger partial charge >= 0.3 is 6.18 Å². The number of pyridine rings is 1. The maximum absolute atomic E-state index is 13.5. The van der Waals surface area contributed by atoms with Crippen LogP contribution in [-0.4, -0.2) is 79.4 Å². The molecule has 0 spiro atoms. The molecule has 2 aromatic carbocycles. The molecule has 0 N–H and O–H groups in total. The quantitative estimate of drug-likeness (QED) is 0.161. The van der Waals surface area contributed by atoms with Crippen LogP contribution in [0.25, 0.3) is 0 Å². The highest BCUT2D eigenvalue weighted by molar-refractivity contribution is 6.20. The van der Waals surface area contributed by atoms with Crippen LogP contribution in [-0.2, 0) is 22.3 Å². The van der Waals surface area contributed by atoms with E-state index in [2.05, 4.69) is 9.88 Å². The molecule has 2 heterocycles. The van der Waals surface area contributed by atoms with Crippen LogP contribution in [0.5, 0.6) is 5.75 Å². The summed E-state index contributed by atoms with van der Waals surface area (Å²) in [5, 5.41) is 0. The average molecular weight is 713 g/mol. The van der Waals surface area contributed by atoms with Crippen LogP contribution in [0.3, 0.4) is 0 Å². The van der Waals surface area contributed by atoms with E-state index in [0.717, 1.165) is 11.6 Å². The number of likely N-dealkylation sites (N-methyl/N-ethyl adjacent to an activating group) is 1. The Morgan fingerprint density at radius 3 is 2.25 bits per heavy atom. The third-order valence-corrected chi connectivity index (χ3v) is 8.14. The lowest BCUT2D eigenvalue weighted by Gasteiger charge is -2.27. The fourth-order valence-electron chi connectivity index (χ4n) is 5.48. The molecule has 4 rings (SSSR count). The summed E-state index contributed by atoms with van der Waals surface area (Å²) in [6.45, 7) is 7.65. The second-order valence-corrected chi connectivity index (χ2v) is 11.8. The van der Waals surface area contributed by atoms with Crippen LogP contribution in [0.1, 0.15) is 48.7 Å². The summed E-state index contributed by atoms with van der Waals surface area (Å²) in [5.41, 5.74) is -0.311. The summed E-state index contributed by atoms with van der Waals surface area (Å²) >= 11 is 0. The van der Waals surface area contributed by atoms with Crippen LogP contribution >= 0.6 is 24.8 Å². The first-order valence-electron chi connectivity index (χ1n) is 15.2. The predicted molar refractivity (Wildman–Crippen MR) is 184 cm³/mol. The molecular formula is C34H42Cl2F3N5O4. The Labute approximate surface area is 291 Å². The number of carbonyl (C=O) groups excluding carboxylic acids is 3. The van der Waals surface area contributed by atoms with Gasteiger partial charge in [-0.05, 0) is 69.2 Å². The van der Waals surface area contributed by atoms with Crippen molar-refractivity contribution in [2.45, 2.75) is 39.9 Å². The molecule has 14 heteroatoms. The van der Waals surface area contributed by atoms with Gasteiger partial charge < -0.3 is 19.4 Å². The van der Waals surface area contributed by atoms with Gasteiger partial charge in [0.15, 0.2) is 0 Å². The number of hydrogen-bond acceptors (Lipinski definition) is 6. The summed E-state index contributed by atoms with van der Waals surface area (Å²) in [4.78, 5) is 49.9. The third kappa shape index (κ3) is 9.18. The minimum atomic E-state index is -4.63. The molecule has 0 unspecified atom stereocenters. The van der Waals surface area contributed by atoms with Crippen molar-refractivity contribution in [2.24, 2.45) is 5.41 Å². The van der Waals surface area contributed by atoms with Crippen LogP contribution in [0.4, 0.5) is 24.5 Å². The number of aromatic nitrogens is 1. The van der Waals surface area contributed by atoms with Gasteiger partial charge in [-0.25, -0.2) is 0 Å². The molecule has 262 valence electrons. The molecule has 0 aliphatic carbocycles. The van der Waals surface area contributed by atoms with E-state index in [1.54, 1.807) is 56.4 Å². The number of rotatable bonds is 12. The van der Waals surface area contributed by atoms with E-state index in [4.69, 9.17) is 4.74 Å². The van der Waals surface area contributed by atoms with Crippen molar-refractivity contribution in [1.29, 1.82) is 0 Å². The number of amides is 3. The lowest BCUT2D eigenvalue weighted by Crippen LogP contribution is -2.47. The van der Waals surface area contributed by atoms with Crippen molar-refractivity contribution >= 4 is 53.9 Å². The fraction of sp³-hybridized carbons (Fsp3) is 0.412. The van der Waals surface area contributed by atoms with Crippen molar-refractivity contribution in [1.82, 2.24) is 14.8 Å². The lowest BCUT2D eigenvalue weighted by molar-refractivity contribution is -0.138. The molecule has 9 nitrogen and oxygen atoms in total. The topological polar surface area (TPSA) is 86.3 Å². The molecule has 3 amide bonds. The summed E-state index contributed by atoms with van der Waals surface area (Å²) in [7, 11) is 3.15. The van der Waals surface area contributed by atoms with Gasteiger partial charge in [-0.1, -0.05) is 12.1 Å². The summed E-state index contributed by atoms with van der Waals surface area (Å²) in [6, 6.07) is 13.9. The zero-order valence-corrected chi connectivity index (χ0v) is 29.3. The third-order valence-electron chi connectivity index (χ3n) is 8.14. The molecule has 1 aromatic heterocycles. The summed E-state index contributed by atoms with van der Waals surface area (Å²) in [6.07, 6.45) is -0.645. The van der Waals surface area contributed by atoms with E-state index in [9.17, 15) is 27.6 Å². The van der Waals surface area contributed by atoms with Crippen molar-refractivity contribution in [2.75, 3.05) is 56.7 Å². The second-order valence-electron chi connectivity index (χ2n) is 11.8. The first-order chi connectivity index (χ1) is 21.8. The zero-order valence-electron chi connectivity index (χ0n) is 27.6. The highest BCUT2D eigenvalue weighted by Gasteiger charge is 2.45. The monoisotopic (exact) mass is 711 g/mol. The maximum Gasteiger partial charge on any atom is 0.417 e. The minimum absolute atomic E-state index is 0. The first kappa shape index (κ1) is 40.3. The molecule has 3 aromatic rings. The number of carbonyl (C=O) groups is 3. The Hall–Kier alpha value is -3.87. The van der Waals surface area contributed by atoms with Gasteiger partial charge in [-0.15, -0.1) is 24.8 Å². The number of nitrogens with zero attached hydrogens (tertiary/aromatic N) is 5. The molecule has 1 aliphatic heterocycles. The Kier molecular flexibility index (Phi) is 14.3. The smallest absolute Gasteiger partial charge is 0.417 e. The van der Waals surface area contributed by atoms with E-state index in [1.165, 1.54) is 35.0 Å². The van der Waals surface area contributed by atoms with Crippen LogP contribution < -0.4 is 14.5 Å². The van der Waals surface area contributed by atoms with E-state index in [0.29, 0.717) is 56.3 Å². The largest absolute Gasteiger partial charge is 0.493 e. The van der Waals surface area contributed by atoms with Gasteiger partial charge in [0.2, 0.25) is 11.8 Å². The van der Waals surface area contributed by atoms with Crippen molar-refractivity contribution in [3.8, 4) is 5.75 Å². The van der Waals surface area contributed by atoms with Gasteiger partial charge in [0.25, 0.3) is 5.91 Å². The first-order valence-corrected chi connectivity index (χ1v) is 15.2. The highest BCUT2D eigenvalue weighted by atomic mass is 35.5. The van der Waals surface area contributed by atoms with Crippen LogP contribution in [0.2, 0.25) is 0 Å². The molecule has 48 heavy (non-hydrogen) atoms. The SMILES string of the molecule is CCN1C(=O)C(C)(C)C(=O)N(C)c2cc(OCCCN(CCN(C)C(=O)c3ccccc3C(F)(F)F)Cc3ccncc3)ccc21.Cl.Cl. The van der Waals surface area contributed by atoms with Gasteiger partial charge in [0.05, 0.1) is 29.1 Å². The molecule has 1 aliphatic rings. The fourth-order valence-corrected chi connectivity index (χ4v) is 5.48. The normalized spacial score (nSPS) is 14.1. The number of halogens is 5. The van der Waals surface area contributed by atoms with Gasteiger partial charge in [-0.3, -0.25) is 24.3 Å². The Bertz CT molecular complexity index is 1560. The number of fused-ring (bicyclic) bond motifs is 1. The van der Waals surface area contributed by atoms with E-state index >= 15 is 0 Å². The number of benzene rings is 2. The van der Waals surface area contributed by atoms with Gasteiger partial charge in [-0.2, -0.15) is 13.2 Å². The van der Waals surface area contributed by atoms with Gasteiger partial charge in [0, 0.05) is 65.3 Å². The molecule has 0 atom stereocenters. The van der Waals surface area contributed by atoms with Gasteiger partial charge in [0.1, 0.15) is 11.2 Å². The number of hydrogen-bond donors (Lipinski definition) is 0. The number of anilines is 2. The molecule has 0 saturated heterocycles. The number of ether oxygens (including phenoxy) is 1. The van der Waals surface area contributed by atoms with E-state index < -0.39 is 23.1 Å². The van der Waals surface area contributed by atoms with Crippen LogP contribution in [0, 0.1) is 5.41 Å². The Balaban J connectivity index is 0.00000400. The molecule has 0 bridgehead atoms. The number of alkyl halides is 3. The predicted octanol–water partition coefficient (Wildman–Crippen LogP) is 6.34. The Morgan fingerprint density at radius 1 is 0.938 bits per heavy atom. The van der Waals surface area contributed by atoms with E-state index in [-0.39, 0.29) is 48.7 Å². The van der Waals surface area contributed by atoms with Crippen molar-refractivity contribution < 1.29 is 32.3 Å². The maximum atomic E-state index is 13.5. The zero-order chi connectivity index (χ0) is 33.6. The average Bonchev–Trinajstić information content (AvgIpc) is 3.09. The highest BCUT2D eigenvalue weighted by Crippen LogP contribution is 2.40. The van der Waals surface area contributed by atoms with Crippen molar-refractivity contribution in [3.63, 3.8) is 0 Å². The second kappa shape index (κ2) is 17.0. The lowest BCUT2D eigenvalue weighted by atomic mass is 9.90. The van der Waals surface area contributed by atoms with E-state index in [1.807, 2.05) is 19.1 Å². The Morgan fingerprint density at radius 2 is 1.60 bits per heavy atom. The standard InChI is InChI=1S/C34H40F3N5O4.2ClH/c1-6-42-28-13-12-25(22-29(28)40(5)31(44)33(2,3)32(42)45)46-21-9-18-41(23-24-14-16-38-17-15-24)20-19-39(4)30(43)26-10-7-8-11-27(26)34(35,36)37;;/h7-8,10-17,22H,6,9,18-21,23H2,1-5H3;2*1H. The molecular weight excluding hydrogens is 670 g/mol. The summed E-state index contributed by atoms with van der Waals surface area (Å²) < 4.78 is 46.6. The van der Waals surface area contributed by atoms with Crippen LogP contribution in [0.15, 0.2) is 67.0 Å². The molecule has 0 saturated carbocycles.